The van der Waals surface area contributed by atoms with Gasteiger partial charge in [-0.05, 0) is 19.9 Å². The van der Waals surface area contributed by atoms with Gasteiger partial charge < -0.3 is 5.11 Å². The van der Waals surface area contributed by atoms with E-state index in [4.69, 9.17) is 0 Å². The minimum absolute atomic E-state index is 0.134. The van der Waals surface area contributed by atoms with Gasteiger partial charge in [0.25, 0.3) is 0 Å². The standard InChI is InChI=1S/C11H15N3O2/c1-11(2,16)7-14-9-6-12-5-4-8(9)13(3)10(14)15/h4-6,16H,7H2,1-3H3. The average molecular weight is 221 g/mol. The summed E-state index contributed by atoms with van der Waals surface area (Å²) in [5, 5.41) is 9.77. The third kappa shape index (κ3) is 1.74. The Morgan fingerprint density at radius 1 is 1.44 bits per heavy atom. The van der Waals surface area contributed by atoms with Crippen LogP contribution in [-0.4, -0.2) is 24.8 Å². The summed E-state index contributed by atoms with van der Waals surface area (Å²) >= 11 is 0. The SMILES string of the molecule is Cn1c(=O)n(CC(C)(C)O)c2cnccc21. The molecule has 0 aromatic carbocycles. The zero-order chi connectivity index (χ0) is 11.9. The molecule has 2 rings (SSSR count). The van der Waals surface area contributed by atoms with Crippen LogP contribution in [0.15, 0.2) is 23.3 Å². The molecule has 0 fully saturated rings. The van der Waals surface area contributed by atoms with E-state index in [-0.39, 0.29) is 12.2 Å². The maximum absolute atomic E-state index is 12.0. The Labute approximate surface area is 93.0 Å². The van der Waals surface area contributed by atoms with Crippen LogP contribution >= 0.6 is 0 Å². The van der Waals surface area contributed by atoms with Crippen LogP contribution in [0, 0.1) is 0 Å². The molecular weight excluding hydrogens is 206 g/mol. The van der Waals surface area contributed by atoms with E-state index in [0.717, 1.165) is 11.0 Å². The van der Waals surface area contributed by atoms with Gasteiger partial charge in [-0.3, -0.25) is 14.1 Å². The van der Waals surface area contributed by atoms with Crippen molar-refractivity contribution >= 4 is 11.0 Å². The van der Waals surface area contributed by atoms with Crippen molar-refractivity contribution in [1.82, 2.24) is 14.1 Å². The van der Waals surface area contributed by atoms with Crippen LogP contribution in [0.25, 0.3) is 11.0 Å². The molecule has 16 heavy (non-hydrogen) atoms. The number of imidazole rings is 1. The van der Waals surface area contributed by atoms with Crippen molar-refractivity contribution in [1.29, 1.82) is 0 Å². The number of aromatic nitrogens is 3. The minimum atomic E-state index is -0.923. The summed E-state index contributed by atoms with van der Waals surface area (Å²) in [4.78, 5) is 16.0. The molecule has 5 heteroatoms. The van der Waals surface area contributed by atoms with E-state index < -0.39 is 5.60 Å². The van der Waals surface area contributed by atoms with E-state index in [0.29, 0.717) is 0 Å². The van der Waals surface area contributed by atoms with Crippen molar-refractivity contribution in [2.75, 3.05) is 0 Å². The molecule has 0 aliphatic rings. The lowest BCUT2D eigenvalue weighted by atomic mass is 10.1. The third-order valence-corrected chi connectivity index (χ3v) is 2.49. The number of hydrogen-bond donors (Lipinski definition) is 1. The number of hydrogen-bond acceptors (Lipinski definition) is 3. The van der Waals surface area contributed by atoms with Crippen LogP contribution in [0.4, 0.5) is 0 Å². The molecule has 0 saturated carbocycles. The van der Waals surface area contributed by atoms with Gasteiger partial charge in [-0.2, -0.15) is 0 Å². The monoisotopic (exact) mass is 221 g/mol. The lowest BCUT2D eigenvalue weighted by molar-refractivity contribution is 0.0615. The van der Waals surface area contributed by atoms with E-state index in [1.54, 1.807) is 48.5 Å². The predicted molar refractivity (Wildman–Crippen MR) is 61.3 cm³/mol. The molecule has 0 aliphatic heterocycles. The number of nitrogens with zero attached hydrogens (tertiary/aromatic N) is 3. The Hall–Kier alpha value is -1.62. The van der Waals surface area contributed by atoms with E-state index in [1.165, 1.54) is 0 Å². The fraction of sp³-hybridized carbons (Fsp3) is 0.455. The summed E-state index contributed by atoms with van der Waals surface area (Å²) in [6, 6.07) is 1.79. The molecule has 0 radical (unpaired) electrons. The van der Waals surface area contributed by atoms with Gasteiger partial charge >= 0.3 is 5.69 Å². The highest BCUT2D eigenvalue weighted by Crippen LogP contribution is 2.13. The Balaban J connectivity index is 2.70. The highest BCUT2D eigenvalue weighted by Gasteiger charge is 2.18. The van der Waals surface area contributed by atoms with Crippen LogP contribution in [0.5, 0.6) is 0 Å². The van der Waals surface area contributed by atoms with Crippen molar-refractivity contribution in [3.05, 3.63) is 28.9 Å². The Morgan fingerprint density at radius 3 is 2.75 bits per heavy atom. The maximum Gasteiger partial charge on any atom is 0.328 e. The molecule has 0 unspecified atom stereocenters. The molecule has 0 atom stereocenters. The van der Waals surface area contributed by atoms with E-state index in [9.17, 15) is 9.90 Å². The summed E-state index contributed by atoms with van der Waals surface area (Å²) in [5.41, 5.74) is 0.514. The van der Waals surface area contributed by atoms with Gasteiger partial charge in [-0.25, -0.2) is 4.79 Å². The minimum Gasteiger partial charge on any atom is -0.389 e. The summed E-state index contributed by atoms with van der Waals surface area (Å²) in [7, 11) is 1.71. The Morgan fingerprint density at radius 2 is 2.12 bits per heavy atom. The Kier molecular flexibility index (Phi) is 2.35. The molecule has 86 valence electrons. The van der Waals surface area contributed by atoms with Crippen molar-refractivity contribution < 1.29 is 5.11 Å². The molecule has 2 aromatic heterocycles. The van der Waals surface area contributed by atoms with Crippen LogP contribution < -0.4 is 5.69 Å². The molecule has 1 N–H and O–H groups in total. The summed E-state index contributed by atoms with van der Waals surface area (Å²) in [6.45, 7) is 3.61. The van der Waals surface area contributed by atoms with Crippen molar-refractivity contribution in [2.45, 2.75) is 26.0 Å². The molecule has 0 saturated heterocycles. The van der Waals surface area contributed by atoms with E-state index >= 15 is 0 Å². The highest BCUT2D eigenvalue weighted by molar-refractivity contribution is 5.74. The van der Waals surface area contributed by atoms with Gasteiger partial charge in [-0.15, -0.1) is 0 Å². The third-order valence-electron chi connectivity index (χ3n) is 2.49. The van der Waals surface area contributed by atoms with Crippen LogP contribution in [0.1, 0.15) is 13.8 Å². The van der Waals surface area contributed by atoms with Gasteiger partial charge in [0, 0.05) is 13.2 Å². The van der Waals surface area contributed by atoms with E-state index in [1.807, 2.05) is 0 Å². The zero-order valence-electron chi connectivity index (χ0n) is 9.64. The molecule has 5 nitrogen and oxygen atoms in total. The fourth-order valence-corrected chi connectivity index (χ4v) is 1.80. The van der Waals surface area contributed by atoms with Crippen LogP contribution in [-0.2, 0) is 13.6 Å². The number of aliphatic hydroxyl groups is 1. The first kappa shape index (κ1) is 10.9. The summed E-state index contributed by atoms with van der Waals surface area (Å²) < 4.78 is 3.10. The predicted octanol–water partition coefficient (Wildman–Crippen LogP) is 0.506. The number of rotatable bonds is 2. The smallest absolute Gasteiger partial charge is 0.328 e. The number of aryl methyl sites for hydroxylation is 1. The molecule has 0 spiro atoms. The maximum atomic E-state index is 12.0. The zero-order valence-corrected chi connectivity index (χ0v) is 9.64. The Bertz CT molecular complexity index is 575. The average Bonchev–Trinajstić information content (AvgIpc) is 2.43. The second kappa shape index (κ2) is 3.45. The van der Waals surface area contributed by atoms with E-state index in [2.05, 4.69) is 4.98 Å². The second-order valence-corrected chi connectivity index (χ2v) is 4.60. The molecule has 2 heterocycles. The number of pyridine rings is 1. The van der Waals surface area contributed by atoms with Crippen LogP contribution in [0.2, 0.25) is 0 Å². The first-order valence-electron chi connectivity index (χ1n) is 5.12. The van der Waals surface area contributed by atoms with Crippen LogP contribution in [0.3, 0.4) is 0 Å². The quantitative estimate of drug-likeness (QED) is 0.803. The van der Waals surface area contributed by atoms with Crippen molar-refractivity contribution in [3.8, 4) is 0 Å². The van der Waals surface area contributed by atoms with Crippen molar-refractivity contribution in [2.24, 2.45) is 7.05 Å². The lowest BCUT2D eigenvalue weighted by Gasteiger charge is -2.17. The summed E-state index contributed by atoms with van der Waals surface area (Å²) in [5.74, 6) is 0. The first-order valence-corrected chi connectivity index (χ1v) is 5.12. The fourth-order valence-electron chi connectivity index (χ4n) is 1.80. The molecular formula is C11H15N3O2. The normalized spacial score (nSPS) is 12.2. The lowest BCUT2D eigenvalue weighted by Crippen LogP contribution is -2.33. The topological polar surface area (TPSA) is 60.0 Å². The van der Waals surface area contributed by atoms with Gasteiger partial charge in [0.15, 0.2) is 0 Å². The molecule has 0 aliphatic carbocycles. The largest absolute Gasteiger partial charge is 0.389 e. The van der Waals surface area contributed by atoms with Gasteiger partial charge in [0.05, 0.1) is 29.4 Å². The second-order valence-electron chi connectivity index (χ2n) is 4.60. The number of fused-ring (bicyclic) bond motifs is 1. The highest BCUT2D eigenvalue weighted by atomic mass is 16.3. The van der Waals surface area contributed by atoms with Gasteiger partial charge in [-0.1, -0.05) is 0 Å². The first-order chi connectivity index (χ1) is 7.40. The molecule has 0 amide bonds. The molecule has 0 bridgehead atoms. The molecule has 2 aromatic rings. The summed E-state index contributed by atoms with van der Waals surface area (Å²) in [6.07, 6.45) is 3.29. The van der Waals surface area contributed by atoms with Gasteiger partial charge in [0.1, 0.15) is 0 Å². The van der Waals surface area contributed by atoms with Gasteiger partial charge in [0.2, 0.25) is 0 Å². The van der Waals surface area contributed by atoms with Crippen molar-refractivity contribution in [3.63, 3.8) is 0 Å².